The molecule has 0 fully saturated rings. The quantitative estimate of drug-likeness (QED) is 0.759. The van der Waals surface area contributed by atoms with E-state index in [1.165, 1.54) is 0 Å². The lowest BCUT2D eigenvalue weighted by molar-refractivity contribution is 0.364. The topological polar surface area (TPSA) is 55.6 Å². The number of aromatic nitrogens is 4. The molecule has 3 heterocycles. The maximum absolute atomic E-state index is 4.65. The van der Waals surface area contributed by atoms with Crippen LogP contribution in [0.4, 0.5) is 0 Å². The molecule has 6 heteroatoms. The molecule has 3 aromatic heterocycles. The molecule has 22 heavy (non-hydrogen) atoms. The maximum atomic E-state index is 4.65. The molecule has 0 saturated heterocycles. The van der Waals surface area contributed by atoms with Gasteiger partial charge in [-0.2, -0.15) is 5.10 Å². The molecular weight excluding hydrogens is 294 g/mol. The minimum atomic E-state index is 0.295. The van der Waals surface area contributed by atoms with Gasteiger partial charge in [-0.15, -0.1) is 11.3 Å². The number of nitrogens with one attached hydrogen (secondary N) is 1. The number of hydrogen-bond acceptors (Lipinski definition) is 5. The van der Waals surface area contributed by atoms with E-state index in [0.29, 0.717) is 12.1 Å². The molecule has 114 valence electrons. The zero-order valence-electron chi connectivity index (χ0n) is 12.7. The second kappa shape index (κ2) is 6.81. The van der Waals surface area contributed by atoms with Gasteiger partial charge < -0.3 is 5.32 Å². The summed E-state index contributed by atoms with van der Waals surface area (Å²) >= 11 is 1.63. The molecular formula is C16H19N5S. The first kappa shape index (κ1) is 14.9. The predicted octanol–water partition coefficient (Wildman–Crippen LogP) is 3.14. The third kappa shape index (κ3) is 3.40. The summed E-state index contributed by atoms with van der Waals surface area (Å²) in [6.07, 6.45) is 5.59. The SMILES string of the molecule is C[C@@H](NCc1csc(-c2ccccn2)n1)[C@H](C)n1cccn1. The van der Waals surface area contributed by atoms with Crippen LogP contribution >= 0.6 is 11.3 Å². The fourth-order valence-corrected chi connectivity index (χ4v) is 2.98. The Bertz CT molecular complexity index is 692. The van der Waals surface area contributed by atoms with Gasteiger partial charge in [-0.25, -0.2) is 4.98 Å². The van der Waals surface area contributed by atoms with Gasteiger partial charge in [0.25, 0.3) is 0 Å². The monoisotopic (exact) mass is 313 g/mol. The van der Waals surface area contributed by atoms with Crippen molar-refractivity contribution >= 4 is 11.3 Å². The zero-order chi connectivity index (χ0) is 15.4. The minimum absolute atomic E-state index is 0.295. The fourth-order valence-electron chi connectivity index (χ4n) is 2.18. The normalized spacial score (nSPS) is 13.9. The van der Waals surface area contributed by atoms with Crippen LogP contribution in [0.5, 0.6) is 0 Å². The Hall–Kier alpha value is -2.05. The summed E-state index contributed by atoms with van der Waals surface area (Å²) in [6, 6.07) is 8.43. The largest absolute Gasteiger partial charge is 0.306 e. The second-order valence-electron chi connectivity index (χ2n) is 5.26. The molecule has 1 N–H and O–H groups in total. The molecule has 0 unspecified atom stereocenters. The van der Waals surface area contributed by atoms with Crippen LogP contribution in [0.25, 0.3) is 10.7 Å². The van der Waals surface area contributed by atoms with E-state index in [2.05, 4.69) is 39.6 Å². The Labute approximate surface area is 134 Å². The van der Waals surface area contributed by atoms with E-state index >= 15 is 0 Å². The van der Waals surface area contributed by atoms with Crippen LogP contribution in [0.1, 0.15) is 25.6 Å². The number of hydrogen-bond donors (Lipinski definition) is 1. The molecule has 0 saturated carbocycles. The van der Waals surface area contributed by atoms with Crippen molar-refractivity contribution in [1.82, 2.24) is 25.1 Å². The van der Waals surface area contributed by atoms with Crippen LogP contribution in [-0.2, 0) is 6.54 Å². The summed E-state index contributed by atoms with van der Waals surface area (Å²) in [5.41, 5.74) is 1.97. The summed E-state index contributed by atoms with van der Waals surface area (Å²) in [5, 5.41) is 10.9. The lowest BCUT2D eigenvalue weighted by atomic mass is 10.2. The third-order valence-electron chi connectivity index (χ3n) is 3.71. The molecule has 0 aliphatic rings. The van der Waals surface area contributed by atoms with Crippen molar-refractivity contribution in [3.8, 4) is 10.7 Å². The average molecular weight is 313 g/mol. The minimum Gasteiger partial charge on any atom is -0.306 e. The highest BCUT2D eigenvalue weighted by Gasteiger charge is 2.14. The molecule has 0 radical (unpaired) electrons. The van der Waals surface area contributed by atoms with Crippen LogP contribution in [-0.4, -0.2) is 25.8 Å². The highest BCUT2D eigenvalue weighted by molar-refractivity contribution is 7.13. The third-order valence-corrected chi connectivity index (χ3v) is 4.62. The fraction of sp³-hybridized carbons (Fsp3) is 0.312. The van der Waals surface area contributed by atoms with Crippen LogP contribution in [0.3, 0.4) is 0 Å². The molecule has 0 bridgehead atoms. The van der Waals surface area contributed by atoms with Crippen LogP contribution in [0.15, 0.2) is 48.2 Å². The Balaban J connectivity index is 1.59. The summed E-state index contributed by atoms with van der Waals surface area (Å²) in [6.45, 7) is 5.07. The smallest absolute Gasteiger partial charge is 0.142 e. The van der Waals surface area contributed by atoms with E-state index in [4.69, 9.17) is 0 Å². The van der Waals surface area contributed by atoms with E-state index in [1.807, 2.05) is 41.3 Å². The van der Waals surface area contributed by atoms with Crippen molar-refractivity contribution in [3.63, 3.8) is 0 Å². The van der Waals surface area contributed by atoms with Gasteiger partial charge in [0.05, 0.1) is 17.4 Å². The van der Waals surface area contributed by atoms with Crippen molar-refractivity contribution in [2.24, 2.45) is 0 Å². The summed E-state index contributed by atoms with van der Waals surface area (Å²) in [7, 11) is 0. The maximum Gasteiger partial charge on any atom is 0.142 e. The second-order valence-corrected chi connectivity index (χ2v) is 6.11. The molecule has 0 aromatic carbocycles. The number of pyridine rings is 1. The Kier molecular flexibility index (Phi) is 4.60. The average Bonchev–Trinajstić information content (AvgIpc) is 3.24. The van der Waals surface area contributed by atoms with E-state index < -0.39 is 0 Å². The standard InChI is InChI=1S/C16H19N5S/c1-12(13(2)21-9-5-8-19-21)18-10-14-11-22-16(20-14)15-6-3-4-7-17-15/h3-9,11-13,18H,10H2,1-2H3/t12-,13+/m1/s1. The van der Waals surface area contributed by atoms with E-state index in [-0.39, 0.29) is 0 Å². The molecule has 0 amide bonds. The van der Waals surface area contributed by atoms with Gasteiger partial charge in [-0.05, 0) is 32.0 Å². The molecule has 3 rings (SSSR count). The lowest BCUT2D eigenvalue weighted by Gasteiger charge is -2.21. The van der Waals surface area contributed by atoms with Gasteiger partial charge in [0.1, 0.15) is 5.01 Å². The molecule has 0 aliphatic carbocycles. The Morgan fingerprint density at radius 1 is 1.23 bits per heavy atom. The number of nitrogens with zero attached hydrogens (tertiary/aromatic N) is 4. The van der Waals surface area contributed by atoms with Gasteiger partial charge >= 0.3 is 0 Å². The molecule has 0 aliphatic heterocycles. The Morgan fingerprint density at radius 2 is 2.14 bits per heavy atom. The van der Waals surface area contributed by atoms with Crippen LogP contribution in [0, 0.1) is 0 Å². The van der Waals surface area contributed by atoms with Crippen molar-refractivity contribution < 1.29 is 0 Å². The number of thiazole rings is 1. The lowest BCUT2D eigenvalue weighted by Crippen LogP contribution is -2.33. The summed E-state index contributed by atoms with van der Waals surface area (Å²) in [5.74, 6) is 0. The molecule has 3 aromatic rings. The first-order valence-corrected chi connectivity index (χ1v) is 8.20. The predicted molar refractivity (Wildman–Crippen MR) is 88.6 cm³/mol. The number of rotatable bonds is 6. The molecule has 0 spiro atoms. The Morgan fingerprint density at radius 3 is 2.86 bits per heavy atom. The molecule has 5 nitrogen and oxygen atoms in total. The first-order chi connectivity index (χ1) is 10.7. The van der Waals surface area contributed by atoms with Crippen molar-refractivity contribution in [2.75, 3.05) is 0 Å². The summed E-state index contributed by atoms with van der Waals surface area (Å²) in [4.78, 5) is 8.98. The van der Waals surface area contributed by atoms with Crippen LogP contribution < -0.4 is 5.32 Å². The van der Waals surface area contributed by atoms with E-state index in [0.717, 1.165) is 22.9 Å². The zero-order valence-corrected chi connectivity index (χ0v) is 13.5. The van der Waals surface area contributed by atoms with E-state index in [9.17, 15) is 0 Å². The molecule has 2 atom stereocenters. The van der Waals surface area contributed by atoms with Gasteiger partial charge in [-0.3, -0.25) is 9.67 Å². The van der Waals surface area contributed by atoms with E-state index in [1.54, 1.807) is 17.5 Å². The van der Waals surface area contributed by atoms with Gasteiger partial charge in [0.15, 0.2) is 0 Å². The highest BCUT2D eigenvalue weighted by Crippen LogP contribution is 2.21. The van der Waals surface area contributed by atoms with Gasteiger partial charge in [0.2, 0.25) is 0 Å². The summed E-state index contributed by atoms with van der Waals surface area (Å²) < 4.78 is 1.97. The van der Waals surface area contributed by atoms with Crippen molar-refractivity contribution in [3.05, 3.63) is 53.9 Å². The van der Waals surface area contributed by atoms with Crippen molar-refractivity contribution in [1.29, 1.82) is 0 Å². The first-order valence-electron chi connectivity index (χ1n) is 7.32. The highest BCUT2D eigenvalue weighted by atomic mass is 32.1. The van der Waals surface area contributed by atoms with Crippen molar-refractivity contribution in [2.45, 2.75) is 32.5 Å². The van der Waals surface area contributed by atoms with Gasteiger partial charge in [0, 0.05) is 36.6 Å². The van der Waals surface area contributed by atoms with Crippen LogP contribution in [0.2, 0.25) is 0 Å². The van der Waals surface area contributed by atoms with Gasteiger partial charge in [-0.1, -0.05) is 6.07 Å².